The van der Waals surface area contributed by atoms with Gasteiger partial charge in [0, 0.05) is 25.2 Å². The summed E-state index contributed by atoms with van der Waals surface area (Å²) in [5.74, 6) is 0.544. The third-order valence-corrected chi connectivity index (χ3v) is 6.57. The number of hydrogen-bond donors (Lipinski definition) is 1. The molecule has 1 saturated heterocycles. The zero-order chi connectivity index (χ0) is 21.4. The van der Waals surface area contributed by atoms with Gasteiger partial charge in [-0.05, 0) is 37.5 Å². The predicted molar refractivity (Wildman–Crippen MR) is 119 cm³/mol. The van der Waals surface area contributed by atoms with Gasteiger partial charge in [-0.15, -0.1) is 0 Å². The molecule has 1 amide bonds. The van der Waals surface area contributed by atoms with E-state index in [1.807, 2.05) is 35.2 Å². The fourth-order valence-electron chi connectivity index (χ4n) is 3.96. The Hall–Kier alpha value is -3.26. The highest BCUT2D eigenvalue weighted by molar-refractivity contribution is 7.22. The van der Waals surface area contributed by atoms with Crippen molar-refractivity contribution in [3.8, 4) is 11.3 Å². The van der Waals surface area contributed by atoms with Gasteiger partial charge in [-0.25, -0.2) is 9.37 Å². The van der Waals surface area contributed by atoms with Crippen molar-refractivity contribution < 1.29 is 13.7 Å². The number of benzene rings is 2. The Morgan fingerprint density at radius 2 is 2.13 bits per heavy atom. The van der Waals surface area contributed by atoms with E-state index >= 15 is 0 Å². The number of nitrogens with zero attached hydrogens (tertiary/aromatic N) is 3. The van der Waals surface area contributed by atoms with Crippen molar-refractivity contribution in [2.24, 2.45) is 5.92 Å². The standard InChI is InChI=1S/C23H21FN4O2S/c1-14-20(21(27-30-14)16-5-3-2-4-6-16)22(29)28-10-9-15(13-28)12-25-23-26-18-8-7-17(24)11-19(18)31-23/h2-8,11,15H,9-10,12-13H2,1H3,(H,25,26)/t15-/m1/s1. The molecule has 1 aliphatic heterocycles. The molecule has 1 N–H and O–H groups in total. The molecule has 31 heavy (non-hydrogen) atoms. The van der Waals surface area contributed by atoms with E-state index in [2.05, 4.69) is 15.5 Å². The summed E-state index contributed by atoms with van der Waals surface area (Å²) in [6.45, 7) is 3.83. The van der Waals surface area contributed by atoms with Gasteiger partial charge in [0.15, 0.2) is 5.13 Å². The van der Waals surface area contributed by atoms with Crippen molar-refractivity contribution in [1.82, 2.24) is 15.0 Å². The number of nitrogens with one attached hydrogen (secondary N) is 1. The zero-order valence-electron chi connectivity index (χ0n) is 17.0. The molecule has 1 aliphatic rings. The van der Waals surface area contributed by atoms with Gasteiger partial charge in [0.25, 0.3) is 5.91 Å². The van der Waals surface area contributed by atoms with Crippen LogP contribution in [0.3, 0.4) is 0 Å². The number of aromatic nitrogens is 2. The third kappa shape index (κ3) is 3.90. The summed E-state index contributed by atoms with van der Waals surface area (Å²) >= 11 is 1.44. The zero-order valence-corrected chi connectivity index (χ0v) is 17.8. The van der Waals surface area contributed by atoms with E-state index in [-0.39, 0.29) is 11.7 Å². The van der Waals surface area contributed by atoms with Gasteiger partial charge in [-0.3, -0.25) is 4.79 Å². The molecular weight excluding hydrogens is 415 g/mol. The minimum Gasteiger partial charge on any atom is -0.361 e. The van der Waals surface area contributed by atoms with Crippen LogP contribution in [-0.2, 0) is 0 Å². The number of anilines is 1. The van der Waals surface area contributed by atoms with Crippen LogP contribution in [0.2, 0.25) is 0 Å². The van der Waals surface area contributed by atoms with Gasteiger partial charge in [-0.2, -0.15) is 0 Å². The van der Waals surface area contributed by atoms with E-state index in [1.54, 1.807) is 13.0 Å². The van der Waals surface area contributed by atoms with Crippen LogP contribution in [0.25, 0.3) is 21.5 Å². The molecule has 6 nitrogen and oxygen atoms in total. The number of thiazole rings is 1. The number of hydrogen-bond acceptors (Lipinski definition) is 6. The number of aryl methyl sites for hydroxylation is 1. The van der Waals surface area contributed by atoms with E-state index < -0.39 is 0 Å². The lowest BCUT2D eigenvalue weighted by atomic mass is 10.1. The summed E-state index contributed by atoms with van der Waals surface area (Å²) in [6.07, 6.45) is 0.906. The second-order valence-corrected chi connectivity index (χ2v) is 8.78. The van der Waals surface area contributed by atoms with Gasteiger partial charge >= 0.3 is 0 Å². The highest BCUT2D eigenvalue weighted by Crippen LogP contribution is 2.30. The molecule has 2 aromatic heterocycles. The molecule has 0 spiro atoms. The van der Waals surface area contributed by atoms with Gasteiger partial charge in [0.2, 0.25) is 0 Å². The quantitative estimate of drug-likeness (QED) is 0.478. The van der Waals surface area contributed by atoms with Crippen molar-refractivity contribution in [1.29, 1.82) is 0 Å². The van der Waals surface area contributed by atoms with Gasteiger partial charge in [0.1, 0.15) is 22.8 Å². The van der Waals surface area contributed by atoms with E-state index in [0.29, 0.717) is 42.6 Å². The fraction of sp³-hybridized carbons (Fsp3) is 0.261. The molecule has 0 aliphatic carbocycles. The van der Waals surface area contributed by atoms with Gasteiger partial charge < -0.3 is 14.7 Å². The number of carbonyl (C=O) groups excluding carboxylic acids is 1. The van der Waals surface area contributed by atoms with E-state index in [0.717, 1.165) is 27.3 Å². The Bertz CT molecular complexity index is 1240. The van der Waals surface area contributed by atoms with Crippen LogP contribution in [0.15, 0.2) is 53.1 Å². The summed E-state index contributed by atoms with van der Waals surface area (Å²) < 4.78 is 19.6. The molecule has 1 fully saturated rings. The highest BCUT2D eigenvalue weighted by Gasteiger charge is 2.31. The summed E-state index contributed by atoms with van der Waals surface area (Å²) in [5.41, 5.74) is 2.78. The molecule has 5 rings (SSSR count). The van der Waals surface area contributed by atoms with Crippen LogP contribution in [-0.4, -0.2) is 40.6 Å². The molecule has 0 bridgehead atoms. The Kier molecular flexibility index (Phi) is 5.15. The molecule has 3 heterocycles. The second kappa shape index (κ2) is 8.11. The Balaban J connectivity index is 1.25. The summed E-state index contributed by atoms with van der Waals surface area (Å²) in [4.78, 5) is 19.6. The minimum absolute atomic E-state index is 0.0458. The number of likely N-dealkylation sites (tertiary alicyclic amines) is 1. The normalized spacial score (nSPS) is 16.2. The Morgan fingerprint density at radius 3 is 2.97 bits per heavy atom. The molecule has 8 heteroatoms. The number of amides is 1. The maximum Gasteiger partial charge on any atom is 0.259 e. The van der Waals surface area contributed by atoms with Crippen LogP contribution in [0.5, 0.6) is 0 Å². The molecule has 4 aromatic rings. The summed E-state index contributed by atoms with van der Waals surface area (Å²) in [6, 6.07) is 14.2. The molecule has 0 unspecified atom stereocenters. The SMILES string of the molecule is Cc1onc(-c2ccccc2)c1C(=O)N1CC[C@H](CNc2nc3ccc(F)cc3s2)C1. The van der Waals surface area contributed by atoms with Crippen LogP contribution < -0.4 is 5.32 Å². The highest BCUT2D eigenvalue weighted by atomic mass is 32.1. The Morgan fingerprint density at radius 1 is 1.29 bits per heavy atom. The number of rotatable bonds is 5. The number of fused-ring (bicyclic) bond motifs is 1. The maximum absolute atomic E-state index is 13.4. The topological polar surface area (TPSA) is 71.3 Å². The lowest BCUT2D eigenvalue weighted by Gasteiger charge is -2.17. The molecule has 0 radical (unpaired) electrons. The van der Waals surface area contributed by atoms with Crippen molar-refractivity contribution >= 4 is 32.6 Å². The van der Waals surface area contributed by atoms with E-state index in [1.165, 1.54) is 23.5 Å². The predicted octanol–water partition coefficient (Wildman–Crippen LogP) is 4.97. The first-order valence-electron chi connectivity index (χ1n) is 10.2. The van der Waals surface area contributed by atoms with Crippen molar-refractivity contribution in [3.05, 3.63) is 65.7 Å². The first kappa shape index (κ1) is 19.7. The van der Waals surface area contributed by atoms with Gasteiger partial charge in [0.05, 0.1) is 10.2 Å². The Labute approximate surface area is 182 Å². The van der Waals surface area contributed by atoms with Crippen molar-refractivity contribution in [3.63, 3.8) is 0 Å². The first-order chi connectivity index (χ1) is 15.1. The smallest absolute Gasteiger partial charge is 0.259 e. The van der Waals surface area contributed by atoms with E-state index in [4.69, 9.17) is 4.52 Å². The van der Waals surface area contributed by atoms with Crippen LogP contribution in [0.4, 0.5) is 9.52 Å². The second-order valence-electron chi connectivity index (χ2n) is 7.75. The van der Waals surface area contributed by atoms with Crippen LogP contribution in [0.1, 0.15) is 22.5 Å². The number of halogens is 1. The average Bonchev–Trinajstić information content (AvgIpc) is 3.50. The largest absolute Gasteiger partial charge is 0.361 e. The lowest BCUT2D eigenvalue weighted by Crippen LogP contribution is -2.30. The third-order valence-electron chi connectivity index (χ3n) is 5.59. The van der Waals surface area contributed by atoms with Crippen molar-refractivity contribution in [2.75, 3.05) is 25.0 Å². The summed E-state index contributed by atoms with van der Waals surface area (Å²) in [5, 5.41) is 8.26. The van der Waals surface area contributed by atoms with Gasteiger partial charge in [-0.1, -0.05) is 46.8 Å². The monoisotopic (exact) mass is 436 g/mol. The van der Waals surface area contributed by atoms with Crippen LogP contribution >= 0.6 is 11.3 Å². The average molecular weight is 437 g/mol. The summed E-state index contributed by atoms with van der Waals surface area (Å²) in [7, 11) is 0. The maximum atomic E-state index is 13.4. The minimum atomic E-state index is -0.258. The first-order valence-corrected chi connectivity index (χ1v) is 11.0. The number of carbonyl (C=O) groups is 1. The molecule has 158 valence electrons. The van der Waals surface area contributed by atoms with Crippen molar-refractivity contribution in [2.45, 2.75) is 13.3 Å². The molecule has 2 aromatic carbocycles. The molecule has 0 saturated carbocycles. The fourth-order valence-corrected chi connectivity index (χ4v) is 4.86. The molecule has 1 atom stereocenters. The van der Waals surface area contributed by atoms with Crippen LogP contribution in [0, 0.1) is 18.7 Å². The van der Waals surface area contributed by atoms with E-state index in [9.17, 15) is 9.18 Å². The lowest BCUT2D eigenvalue weighted by molar-refractivity contribution is 0.0786. The molecular formula is C23H21FN4O2S.